The second kappa shape index (κ2) is 6.53. The molecule has 2 atom stereocenters. The molecule has 3 aliphatic rings. The Bertz CT molecular complexity index is 1210. The maximum absolute atomic E-state index is 13.6. The molecule has 168 valence electrons. The maximum atomic E-state index is 13.6. The zero-order chi connectivity index (χ0) is 22.9. The van der Waals surface area contributed by atoms with Crippen LogP contribution in [0.3, 0.4) is 0 Å². The number of anilines is 3. The zero-order valence-electron chi connectivity index (χ0n) is 16.9. The molecular formula is C20H19F3N6O3. The Hall–Kier alpha value is -3.44. The van der Waals surface area contributed by atoms with Crippen molar-refractivity contribution in [1.82, 2.24) is 19.9 Å². The average Bonchev–Trinajstić information content (AvgIpc) is 3.39. The first-order chi connectivity index (χ1) is 15.0. The second-order valence-corrected chi connectivity index (χ2v) is 8.67. The fourth-order valence-electron chi connectivity index (χ4n) is 4.54. The molecule has 32 heavy (non-hydrogen) atoms. The van der Waals surface area contributed by atoms with Crippen LogP contribution in [0.2, 0.25) is 0 Å². The minimum absolute atomic E-state index is 0.0333. The highest BCUT2D eigenvalue weighted by molar-refractivity contribution is 5.96. The molecule has 12 heteroatoms. The van der Waals surface area contributed by atoms with Gasteiger partial charge < -0.3 is 16.0 Å². The molecule has 0 bridgehead atoms. The Balaban J connectivity index is 1.39. The number of amides is 2. The van der Waals surface area contributed by atoms with Crippen molar-refractivity contribution < 1.29 is 22.8 Å². The molecule has 2 aliphatic carbocycles. The van der Waals surface area contributed by atoms with E-state index in [1.165, 1.54) is 18.5 Å². The van der Waals surface area contributed by atoms with E-state index < -0.39 is 29.0 Å². The second-order valence-electron chi connectivity index (χ2n) is 8.67. The highest BCUT2D eigenvalue weighted by Crippen LogP contribution is 2.65. The van der Waals surface area contributed by atoms with Gasteiger partial charge in [-0.3, -0.25) is 19.0 Å². The van der Waals surface area contributed by atoms with E-state index in [-0.39, 0.29) is 34.6 Å². The molecule has 2 aromatic heterocycles. The van der Waals surface area contributed by atoms with Crippen LogP contribution in [0.25, 0.3) is 0 Å². The average molecular weight is 448 g/mol. The SMILES string of the molecule is CC1(C(F)(F)F)NC(=O)c2ccc(Nc3cc(NC(=O)C4CC45CCC5)ncn3)c(=O)n21. The normalized spacial score (nSPS) is 25.0. The van der Waals surface area contributed by atoms with Gasteiger partial charge in [-0.15, -0.1) is 0 Å². The van der Waals surface area contributed by atoms with Crippen molar-refractivity contribution in [3.05, 3.63) is 40.6 Å². The smallest absolute Gasteiger partial charge is 0.336 e. The fourth-order valence-corrected chi connectivity index (χ4v) is 4.54. The first-order valence-electron chi connectivity index (χ1n) is 10.1. The molecule has 0 aromatic carbocycles. The van der Waals surface area contributed by atoms with Crippen molar-refractivity contribution in [3.8, 4) is 0 Å². The van der Waals surface area contributed by atoms with Crippen LogP contribution in [0.4, 0.5) is 30.5 Å². The van der Waals surface area contributed by atoms with Gasteiger partial charge in [-0.1, -0.05) is 6.42 Å². The van der Waals surface area contributed by atoms with Crippen LogP contribution < -0.4 is 21.5 Å². The predicted molar refractivity (Wildman–Crippen MR) is 106 cm³/mol. The topological polar surface area (TPSA) is 118 Å². The van der Waals surface area contributed by atoms with Crippen LogP contribution >= 0.6 is 0 Å². The quantitative estimate of drug-likeness (QED) is 0.662. The van der Waals surface area contributed by atoms with Crippen molar-refractivity contribution in [1.29, 1.82) is 0 Å². The summed E-state index contributed by atoms with van der Waals surface area (Å²) in [5.74, 6) is -0.837. The summed E-state index contributed by atoms with van der Waals surface area (Å²) < 4.78 is 41.2. The number of aromatic nitrogens is 3. The molecule has 1 aliphatic heterocycles. The molecular weight excluding hydrogens is 429 g/mol. The number of fused-ring (bicyclic) bond motifs is 1. The Labute approximate surface area is 179 Å². The molecule has 2 amide bonds. The van der Waals surface area contributed by atoms with Gasteiger partial charge in [0.25, 0.3) is 11.5 Å². The maximum Gasteiger partial charge on any atom is 0.430 e. The summed E-state index contributed by atoms with van der Waals surface area (Å²) in [6.07, 6.45) is 0.376. The molecule has 3 N–H and O–H groups in total. The van der Waals surface area contributed by atoms with E-state index in [0.717, 1.165) is 38.7 Å². The number of halogens is 3. The molecule has 5 rings (SSSR count). The molecule has 0 radical (unpaired) electrons. The van der Waals surface area contributed by atoms with E-state index in [9.17, 15) is 27.6 Å². The minimum Gasteiger partial charge on any atom is -0.336 e. The number of nitrogens with one attached hydrogen (secondary N) is 3. The minimum atomic E-state index is -4.90. The van der Waals surface area contributed by atoms with Crippen LogP contribution in [-0.2, 0) is 10.5 Å². The number of alkyl halides is 3. The summed E-state index contributed by atoms with van der Waals surface area (Å²) in [6, 6.07) is 3.73. The molecule has 0 saturated heterocycles. The lowest BCUT2D eigenvalue weighted by Crippen LogP contribution is -2.55. The summed E-state index contributed by atoms with van der Waals surface area (Å²) in [5, 5.41) is 7.22. The standard InChI is InChI=1S/C20H19F3N6O3/c1-18(20(21,22)23)28-16(31)12-4-3-11(17(32)29(12)18)26-13-7-14(25-9-24-13)27-15(30)10-8-19(10)5-2-6-19/h3-4,7,9-10H,2,5-6,8H2,1H3,(H,28,31)(H2,24,25,26,27,30). The third kappa shape index (κ3) is 2.96. The number of hydrogen-bond donors (Lipinski definition) is 3. The highest BCUT2D eigenvalue weighted by atomic mass is 19.4. The zero-order valence-corrected chi connectivity index (χ0v) is 16.9. The van der Waals surface area contributed by atoms with Crippen LogP contribution in [0.5, 0.6) is 0 Å². The highest BCUT2D eigenvalue weighted by Gasteiger charge is 2.61. The van der Waals surface area contributed by atoms with Gasteiger partial charge in [0.05, 0.1) is 0 Å². The molecule has 2 saturated carbocycles. The van der Waals surface area contributed by atoms with E-state index >= 15 is 0 Å². The van der Waals surface area contributed by atoms with Crippen molar-refractivity contribution in [2.75, 3.05) is 10.6 Å². The van der Waals surface area contributed by atoms with Crippen molar-refractivity contribution in [3.63, 3.8) is 0 Å². The van der Waals surface area contributed by atoms with E-state index in [4.69, 9.17) is 0 Å². The van der Waals surface area contributed by atoms with E-state index in [1.54, 1.807) is 0 Å². The largest absolute Gasteiger partial charge is 0.430 e. The molecule has 2 aromatic rings. The van der Waals surface area contributed by atoms with E-state index in [0.29, 0.717) is 4.57 Å². The number of nitrogens with zero attached hydrogens (tertiary/aromatic N) is 3. The Kier molecular flexibility index (Phi) is 4.18. The Morgan fingerprint density at radius 2 is 1.94 bits per heavy atom. The number of carbonyl (C=O) groups excluding carboxylic acids is 2. The lowest BCUT2D eigenvalue weighted by molar-refractivity contribution is -0.213. The lowest BCUT2D eigenvalue weighted by Gasteiger charge is -2.29. The first kappa shape index (κ1) is 20.5. The van der Waals surface area contributed by atoms with Crippen LogP contribution in [0, 0.1) is 11.3 Å². The first-order valence-corrected chi connectivity index (χ1v) is 10.1. The summed E-state index contributed by atoms with van der Waals surface area (Å²) in [7, 11) is 0. The third-order valence-corrected chi connectivity index (χ3v) is 6.71. The summed E-state index contributed by atoms with van der Waals surface area (Å²) >= 11 is 0. The van der Waals surface area contributed by atoms with Gasteiger partial charge in [0, 0.05) is 12.0 Å². The summed E-state index contributed by atoms with van der Waals surface area (Å²) in [4.78, 5) is 45.2. The van der Waals surface area contributed by atoms with Gasteiger partial charge in [-0.05, 0) is 43.7 Å². The number of hydrogen-bond acceptors (Lipinski definition) is 6. The summed E-state index contributed by atoms with van der Waals surface area (Å²) in [5.41, 5.74) is -4.39. The molecule has 3 heterocycles. The number of pyridine rings is 1. The van der Waals surface area contributed by atoms with Crippen LogP contribution in [-0.4, -0.2) is 32.5 Å². The monoisotopic (exact) mass is 448 g/mol. The van der Waals surface area contributed by atoms with Gasteiger partial charge in [-0.25, -0.2) is 9.97 Å². The van der Waals surface area contributed by atoms with Crippen LogP contribution in [0.15, 0.2) is 29.3 Å². The van der Waals surface area contributed by atoms with Gasteiger partial charge in [0.15, 0.2) is 0 Å². The fraction of sp³-hybridized carbons (Fsp3) is 0.450. The molecule has 9 nitrogen and oxygen atoms in total. The van der Waals surface area contributed by atoms with E-state index in [2.05, 4.69) is 20.6 Å². The van der Waals surface area contributed by atoms with Crippen molar-refractivity contribution in [2.45, 2.75) is 44.4 Å². The lowest BCUT2D eigenvalue weighted by atomic mass is 9.80. The van der Waals surface area contributed by atoms with E-state index in [1.807, 2.05) is 5.32 Å². The van der Waals surface area contributed by atoms with Gasteiger partial charge in [0.1, 0.15) is 29.3 Å². The Morgan fingerprint density at radius 3 is 2.56 bits per heavy atom. The summed E-state index contributed by atoms with van der Waals surface area (Å²) in [6.45, 7) is 0.720. The van der Waals surface area contributed by atoms with Gasteiger partial charge in [0.2, 0.25) is 11.6 Å². The number of rotatable bonds is 4. The molecule has 2 unspecified atom stereocenters. The predicted octanol–water partition coefficient (Wildman–Crippen LogP) is 2.49. The van der Waals surface area contributed by atoms with Gasteiger partial charge >= 0.3 is 6.18 Å². The number of carbonyl (C=O) groups is 2. The van der Waals surface area contributed by atoms with Crippen molar-refractivity contribution in [2.24, 2.45) is 11.3 Å². The molecule has 1 spiro atoms. The molecule has 2 fully saturated rings. The van der Waals surface area contributed by atoms with Gasteiger partial charge in [-0.2, -0.15) is 13.2 Å². The third-order valence-electron chi connectivity index (χ3n) is 6.71. The van der Waals surface area contributed by atoms with Crippen molar-refractivity contribution >= 4 is 29.1 Å². The van der Waals surface area contributed by atoms with Crippen LogP contribution in [0.1, 0.15) is 43.1 Å². The Morgan fingerprint density at radius 1 is 1.22 bits per heavy atom.